The highest BCUT2D eigenvalue weighted by atomic mass is 16.2. The molecule has 0 aliphatic heterocycles. The lowest BCUT2D eigenvalue weighted by molar-refractivity contribution is 0.0815. The molecule has 0 heterocycles. The average molecular weight is 272 g/mol. The van der Waals surface area contributed by atoms with Crippen LogP contribution in [0.4, 0.5) is 0 Å². The lowest BCUT2D eigenvalue weighted by Gasteiger charge is -2.18. The van der Waals surface area contributed by atoms with Gasteiger partial charge in [-0.3, -0.25) is 9.59 Å². The first kappa shape index (κ1) is 12.0. The maximum atomic E-state index is 12.4. The van der Waals surface area contributed by atoms with Crippen LogP contribution in [0.2, 0.25) is 0 Å². The molecule has 0 spiro atoms. The first-order chi connectivity index (χ1) is 10.1. The Labute approximate surface area is 122 Å². The maximum Gasteiger partial charge on any atom is 0.234 e. The van der Waals surface area contributed by atoms with Gasteiger partial charge in [0.2, 0.25) is 11.6 Å². The molecule has 2 nitrogen and oxygen atoms in total. The molecular formula is C19H12O2. The van der Waals surface area contributed by atoms with Crippen molar-refractivity contribution >= 4 is 22.3 Å². The maximum absolute atomic E-state index is 12.4. The third kappa shape index (κ3) is 1.66. The molecule has 3 aromatic carbocycles. The van der Waals surface area contributed by atoms with E-state index in [4.69, 9.17) is 0 Å². The number of hydrogen-bond donors (Lipinski definition) is 0. The summed E-state index contributed by atoms with van der Waals surface area (Å²) in [4.78, 5) is 24.6. The van der Waals surface area contributed by atoms with Gasteiger partial charge in [0, 0.05) is 11.1 Å². The number of ketones is 2. The van der Waals surface area contributed by atoms with Gasteiger partial charge in [-0.15, -0.1) is 0 Å². The van der Waals surface area contributed by atoms with Gasteiger partial charge >= 0.3 is 0 Å². The van der Waals surface area contributed by atoms with Gasteiger partial charge in [-0.1, -0.05) is 48.0 Å². The van der Waals surface area contributed by atoms with Gasteiger partial charge in [-0.25, -0.2) is 0 Å². The topological polar surface area (TPSA) is 34.1 Å². The zero-order valence-corrected chi connectivity index (χ0v) is 11.5. The predicted molar refractivity (Wildman–Crippen MR) is 82.8 cm³/mol. The molecule has 0 aromatic heterocycles. The summed E-state index contributed by atoms with van der Waals surface area (Å²) in [5, 5.41) is 2.07. The van der Waals surface area contributed by atoms with Crippen molar-refractivity contribution in [2.24, 2.45) is 0 Å². The fourth-order valence-electron chi connectivity index (χ4n) is 2.99. The van der Waals surface area contributed by atoms with Crippen LogP contribution in [0.1, 0.15) is 26.3 Å². The summed E-state index contributed by atoms with van der Waals surface area (Å²) < 4.78 is 0. The molecule has 100 valence electrons. The van der Waals surface area contributed by atoms with Crippen LogP contribution < -0.4 is 0 Å². The van der Waals surface area contributed by atoms with Crippen molar-refractivity contribution in [3.05, 3.63) is 71.3 Å². The van der Waals surface area contributed by atoms with Gasteiger partial charge in [0.15, 0.2) is 0 Å². The summed E-state index contributed by atoms with van der Waals surface area (Å²) in [6.07, 6.45) is 0. The van der Waals surface area contributed by atoms with Gasteiger partial charge in [0.25, 0.3) is 0 Å². The molecule has 0 radical (unpaired) electrons. The normalized spacial score (nSPS) is 13.2. The van der Waals surface area contributed by atoms with Crippen LogP contribution >= 0.6 is 0 Å². The number of Topliss-reactive ketones (excluding diaryl/α,β-unsaturated/α-hetero) is 2. The highest BCUT2D eigenvalue weighted by Gasteiger charge is 2.30. The Morgan fingerprint density at radius 2 is 1.29 bits per heavy atom. The van der Waals surface area contributed by atoms with Crippen molar-refractivity contribution in [1.82, 2.24) is 0 Å². The molecule has 0 saturated carbocycles. The lowest BCUT2D eigenvalue weighted by Crippen LogP contribution is -2.21. The zero-order valence-electron chi connectivity index (χ0n) is 11.5. The lowest BCUT2D eigenvalue weighted by atomic mass is 9.82. The summed E-state index contributed by atoms with van der Waals surface area (Å²) >= 11 is 0. The molecule has 0 unspecified atom stereocenters. The quantitative estimate of drug-likeness (QED) is 0.575. The van der Waals surface area contributed by atoms with Gasteiger partial charge in [-0.05, 0) is 41.0 Å². The van der Waals surface area contributed by atoms with Gasteiger partial charge in [-0.2, -0.15) is 0 Å². The predicted octanol–water partition coefficient (Wildman–Crippen LogP) is 4.19. The Morgan fingerprint density at radius 3 is 2.10 bits per heavy atom. The van der Waals surface area contributed by atoms with Gasteiger partial charge in [0.1, 0.15) is 0 Å². The average Bonchev–Trinajstić information content (AvgIpc) is 2.51. The van der Waals surface area contributed by atoms with E-state index in [0.717, 1.165) is 27.5 Å². The second-order valence-corrected chi connectivity index (χ2v) is 5.45. The van der Waals surface area contributed by atoms with Crippen molar-refractivity contribution in [2.45, 2.75) is 6.92 Å². The summed E-state index contributed by atoms with van der Waals surface area (Å²) in [5.41, 5.74) is 3.85. The number of carbonyl (C=O) groups excluding carboxylic acids is 2. The second kappa shape index (κ2) is 4.13. The molecule has 0 atom stereocenters. The molecule has 1 aliphatic rings. The van der Waals surface area contributed by atoms with Crippen LogP contribution in [0.3, 0.4) is 0 Å². The minimum atomic E-state index is -0.412. The number of carbonyl (C=O) groups is 2. The molecule has 3 aromatic rings. The summed E-state index contributed by atoms with van der Waals surface area (Å²) in [6, 6.07) is 17.3. The highest BCUT2D eigenvalue weighted by molar-refractivity contribution is 6.53. The van der Waals surface area contributed by atoms with E-state index < -0.39 is 11.6 Å². The zero-order chi connectivity index (χ0) is 14.6. The van der Waals surface area contributed by atoms with Crippen LogP contribution in [0.5, 0.6) is 0 Å². The number of benzene rings is 3. The fraction of sp³-hybridized carbons (Fsp3) is 0.0526. The molecule has 0 fully saturated rings. The molecule has 4 rings (SSSR count). The van der Waals surface area contributed by atoms with Crippen LogP contribution in [-0.4, -0.2) is 11.6 Å². The summed E-state index contributed by atoms with van der Waals surface area (Å²) in [7, 11) is 0. The molecule has 0 amide bonds. The van der Waals surface area contributed by atoms with Crippen molar-refractivity contribution in [1.29, 1.82) is 0 Å². The molecule has 0 bridgehead atoms. The highest BCUT2D eigenvalue weighted by Crippen LogP contribution is 2.36. The monoisotopic (exact) mass is 272 g/mol. The standard InChI is InChI=1S/C19H12O2/c1-11-6-7-12-9-16-14-4-2-3-5-15(14)18(20)19(21)17(16)10-13(12)8-11/h2-10H,1H3. The van der Waals surface area contributed by atoms with E-state index >= 15 is 0 Å². The van der Waals surface area contributed by atoms with Crippen molar-refractivity contribution in [3.63, 3.8) is 0 Å². The van der Waals surface area contributed by atoms with E-state index in [9.17, 15) is 9.59 Å². The Hall–Kier alpha value is -2.74. The first-order valence-electron chi connectivity index (χ1n) is 6.88. The van der Waals surface area contributed by atoms with E-state index in [2.05, 4.69) is 12.1 Å². The van der Waals surface area contributed by atoms with E-state index in [1.54, 1.807) is 12.1 Å². The Morgan fingerprint density at radius 1 is 0.619 bits per heavy atom. The summed E-state index contributed by atoms with van der Waals surface area (Å²) in [6.45, 7) is 2.02. The van der Waals surface area contributed by atoms with E-state index in [1.165, 1.54) is 0 Å². The molecule has 2 heteroatoms. The Balaban J connectivity index is 2.12. The SMILES string of the molecule is Cc1ccc2cc3c(cc2c1)C(=O)C(=O)c1ccccc1-3. The second-order valence-electron chi connectivity index (χ2n) is 5.45. The number of hydrogen-bond acceptors (Lipinski definition) is 2. The molecule has 1 aliphatic carbocycles. The minimum absolute atomic E-state index is 0.410. The van der Waals surface area contributed by atoms with Crippen LogP contribution in [0, 0.1) is 6.92 Å². The first-order valence-corrected chi connectivity index (χ1v) is 6.88. The molecule has 21 heavy (non-hydrogen) atoms. The van der Waals surface area contributed by atoms with Gasteiger partial charge < -0.3 is 0 Å². The molecular weight excluding hydrogens is 260 g/mol. The van der Waals surface area contributed by atoms with Crippen LogP contribution in [0.25, 0.3) is 21.9 Å². The van der Waals surface area contributed by atoms with Crippen LogP contribution in [0.15, 0.2) is 54.6 Å². The van der Waals surface area contributed by atoms with Gasteiger partial charge in [0.05, 0.1) is 0 Å². The molecule has 0 saturated heterocycles. The van der Waals surface area contributed by atoms with Crippen LogP contribution in [-0.2, 0) is 0 Å². The van der Waals surface area contributed by atoms with E-state index in [-0.39, 0.29) is 0 Å². The van der Waals surface area contributed by atoms with E-state index in [1.807, 2.05) is 37.3 Å². The third-order valence-corrected chi connectivity index (χ3v) is 4.04. The largest absolute Gasteiger partial charge is 0.285 e. The number of aryl methyl sites for hydroxylation is 1. The smallest absolute Gasteiger partial charge is 0.234 e. The third-order valence-electron chi connectivity index (χ3n) is 4.04. The fourth-order valence-corrected chi connectivity index (χ4v) is 2.99. The number of fused-ring (bicyclic) bond motifs is 4. The Bertz CT molecular complexity index is 935. The van der Waals surface area contributed by atoms with Crippen molar-refractivity contribution < 1.29 is 9.59 Å². The summed E-state index contributed by atoms with van der Waals surface area (Å²) in [5.74, 6) is -0.822. The van der Waals surface area contributed by atoms with Crippen molar-refractivity contribution in [3.8, 4) is 11.1 Å². The van der Waals surface area contributed by atoms with Crippen molar-refractivity contribution in [2.75, 3.05) is 0 Å². The minimum Gasteiger partial charge on any atom is -0.285 e. The molecule has 0 N–H and O–H groups in total. The Kier molecular flexibility index (Phi) is 2.36. The number of rotatable bonds is 0. The van der Waals surface area contributed by atoms with E-state index in [0.29, 0.717) is 11.1 Å².